The fourth-order valence-electron chi connectivity index (χ4n) is 1.39. The molecule has 0 saturated carbocycles. The minimum Gasteiger partial charge on any atom is -0.395 e. The lowest BCUT2D eigenvalue weighted by atomic mass is 10.1. The van der Waals surface area contributed by atoms with Crippen molar-refractivity contribution >= 4 is 40.5 Å². The van der Waals surface area contributed by atoms with Gasteiger partial charge in [-0.1, -0.05) is 34.8 Å². The molecule has 0 fully saturated rings. The third kappa shape index (κ3) is 2.32. The van der Waals surface area contributed by atoms with Crippen LogP contribution in [0.1, 0.15) is 0 Å². The Balaban J connectivity index is 2.68. The van der Waals surface area contributed by atoms with Crippen molar-refractivity contribution in [1.82, 2.24) is 4.98 Å². The van der Waals surface area contributed by atoms with E-state index in [0.717, 1.165) is 0 Å². The molecule has 0 spiro atoms. The monoisotopic (exact) mass is 290 g/mol. The zero-order valence-corrected chi connectivity index (χ0v) is 10.6. The lowest BCUT2D eigenvalue weighted by molar-refractivity contribution is 0.589. The Bertz CT molecular complexity index is 587. The largest absolute Gasteiger partial charge is 0.395 e. The van der Waals surface area contributed by atoms with E-state index in [1.54, 1.807) is 12.1 Å². The molecule has 17 heavy (non-hydrogen) atoms. The van der Waals surface area contributed by atoms with Gasteiger partial charge in [0.15, 0.2) is 0 Å². The first kappa shape index (κ1) is 12.4. The van der Waals surface area contributed by atoms with Crippen molar-refractivity contribution in [2.75, 3.05) is 5.73 Å². The van der Waals surface area contributed by atoms with E-state index in [2.05, 4.69) is 4.98 Å². The molecule has 2 nitrogen and oxygen atoms in total. The van der Waals surface area contributed by atoms with E-state index < -0.39 is 5.95 Å². The van der Waals surface area contributed by atoms with Crippen LogP contribution in [0.4, 0.5) is 10.1 Å². The summed E-state index contributed by atoms with van der Waals surface area (Å²) in [5.41, 5.74) is 6.37. The summed E-state index contributed by atoms with van der Waals surface area (Å²) in [6.45, 7) is 0. The van der Waals surface area contributed by atoms with Crippen molar-refractivity contribution in [2.45, 2.75) is 0 Å². The molecule has 0 unspecified atom stereocenters. The third-order valence-corrected chi connectivity index (χ3v) is 3.32. The second kappa shape index (κ2) is 4.69. The van der Waals surface area contributed by atoms with Crippen molar-refractivity contribution in [3.05, 3.63) is 45.4 Å². The number of pyridine rings is 1. The Kier molecular flexibility index (Phi) is 3.43. The van der Waals surface area contributed by atoms with Gasteiger partial charge in [-0.15, -0.1) is 0 Å². The van der Waals surface area contributed by atoms with Gasteiger partial charge in [0.2, 0.25) is 5.95 Å². The highest BCUT2D eigenvalue weighted by atomic mass is 35.5. The smallest absolute Gasteiger partial charge is 0.236 e. The summed E-state index contributed by atoms with van der Waals surface area (Å²) in [5, 5.41) is 1.04. The highest BCUT2D eigenvalue weighted by Crippen LogP contribution is 2.39. The third-order valence-electron chi connectivity index (χ3n) is 2.20. The molecule has 0 atom stereocenters. The van der Waals surface area contributed by atoms with Gasteiger partial charge in [-0.05, 0) is 18.2 Å². The Labute approximate surface area is 112 Å². The molecule has 0 bridgehead atoms. The molecule has 0 aliphatic carbocycles. The minimum atomic E-state index is -0.733. The first-order chi connectivity index (χ1) is 8.00. The molecule has 0 saturated heterocycles. The lowest BCUT2D eigenvalue weighted by Gasteiger charge is -2.09. The van der Waals surface area contributed by atoms with Crippen molar-refractivity contribution in [3.63, 3.8) is 0 Å². The van der Waals surface area contributed by atoms with Crippen LogP contribution in [0.2, 0.25) is 15.1 Å². The Morgan fingerprint density at radius 3 is 2.41 bits per heavy atom. The lowest BCUT2D eigenvalue weighted by Crippen LogP contribution is -1.95. The maximum Gasteiger partial charge on any atom is 0.236 e. The summed E-state index contributed by atoms with van der Waals surface area (Å²) in [6.07, 6.45) is 1.30. The quantitative estimate of drug-likeness (QED) is 0.623. The average molecular weight is 292 g/mol. The van der Waals surface area contributed by atoms with Crippen LogP contribution >= 0.6 is 34.8 Å². The molecular weight excluding hydrogens is 285 g/mol. The van der Waals surface area contributed by atoms with Gasteiger partial charge in [0, 0.05) is 17.3 Å². The van der Waals surface area contributed by atoms with Crippen molar-refractivity contribution in [3.8, 4) is 11.1 Å². The van der Waals surface area contributed by atoms with E-state index in [1.165, 1.54) is 12.3 Å². The molecule has 1 aromatic carbocycles. The molecule has 1 aromatic heterocycles. The van der Waals surface area contributed by atoms with Crippen LogP contribution in [0.3, 0.4) is 0 Å². The first-order valence-electron chi connectivity index (χ1n) is 4.55. The number of hydrogen-bond donors (Lipinski definition) is 1. The van der Waals surface area contributed by atoms with E-state index in [4.69, 9.17) is 40.5 Å². The molecule has 2 N–H and O–H groups in total. The van der Waals surface area contributed by atoms with Crippen LogP contribution < -0.4 is 5.73 Å². The normalized spacial score (nSPS) is 10.6. The van der Waals surface area contributed by atoms with E-state index in [0.29, 0.717) is 21.2 Å². The summed E-state index contributed by atoms with van der Waals surface area (Å²) >= 11 is 18.0. The summed E-state index contributed by atoms with van der Waals surface area (Å²) in [5.74, 6) is -0.733. The van der Waals surface area contributed by atoms with Gasteiger partial charge in [0.1, 0.15) is 0 Å². The number of nitrogens with zero attached hydrogens (tertiary/aromatic N) is 1. The van der Waals surface area contributed by atoms with Crippen LogP contribution in [0.5, 0.6) is 0 Å². The van der Waals surface area contributed by atoms with Crippen LogP contribution in [0, 0.1) is 5.95 Å². The molecule has 88 valence electrons. The van der Waals surface area contributed by atoms with E-state index in [9.17, 15) is 4.39 Å². The Hall–Kier alpha value is -1.03. The Morgan fingerprint density at radius 1 is 1.12 bits per heavy atom. The van der Waals surface area contributed by atoms with Crippen molar-refractivity contribution in [2.24, 2.45) is 0 Å². The molecule has 0 aliphatic heterocycles. The van der Waals surface area contributed by atoms with E-state index in [-0.39, 0.29) is 10.7 Å². The number of benzene rings is 1. The van der Waals surface area contributed by atoms with Gasteiger partial charge in [-0.3, -0.25) is 0 Å². The summed E-state index contributed by atoms with van der Waals surface area (Å²) in [4.78, 5) is 3.51. The maximum absolute atomic E-state index is 13.0. The molecule has 6 heteroatoms. The van der Waals surface area contributed by atoms with Crippen LogP contribution in [0.15, 0.2) is 24.4 Å². The van der Waals surface area contributed by atoms with Gasteiger partial charge in [0.25, 0.3) is 0 Å². The second-order valence-electron chi connectivity index (χ2n) is 3.32. The number of anilines is 1. The predicted molar refractivity (Wildman–Crippen MR) is 69.1 cm³/mol. The molecule has 2 rings (SSSR count). The fourth-order valence-corrected chi connectivity index (χ4v) is 2.14. The van der Waals surface area contributed by atoms with Crippen molar-refractivity contribution < 1.29 is 4.39 Å². The molecule has 0 amide bonds. The molecule has 2 aromatic rings. The zero-order valence-electron chi connectivity index (χ0n) is 8.35. The fraction of sp³-hybridized carbons (Fsp3) is 0. The molecule has 0 aliphatic rings. The number of hydrogen-bond acceptors (Lipinski definition) is 2. The molecule has 0 radical (unpaired) electrons. The SMILES string of the molecule is Nc1cc(-c2c(Cl)ccc(Cl)c2Cl)cnc1F. The molecular formula is C11H6Cl3FN2. The average Bonchev–Trinajstić information content (AvgIpc) is 2.29. The standard InChI is InChI=1S/C11H6Cl3FN2/c12-6-1-2-7(13)10(14)9(6)5-3-8(16)11(15)17-4-5/h1-4H,16H2. The van der Waals surface area contributed by atoms with Gasteiger partial charge in [-0.2, -0.15) is 4.39 Å². The second-order valence-corrected chi connectivity index (χ2v) is 4.51. The van der Waals surface area contributed by atoms with Crippen LogP contribution in [-0.4, -0.2) is 4.98 Å². The first-order valence-corrected chi connectivity index (χ1v) is 5.69. The van der Waals surface area contributed by atoms with E-state index >= 15 is 0 Å². The summed E-state index contributed by atoms with van der Waals surface area (Å²) in [7, 11) is 0. The number of nitrogens with two attached hydrogens (primary N) is 1. The van der Waals surface area contributed by atoms with E-state index in [1.807, 2.05) is 0 Å². The maximum atomic E-state index is 13.0. The van der Waals surface area contributed by atoms with Crippen LogP contribution in [-0.2, 0) is 0 Å². The zero-order chi connectivity index (χ0) is 12.6. The summed E-state index contributed by atoms with van der Waals surface area (Å²) in [6, 6.07) is 4.59. The predicted octanol–water partition coefficient (Wildman–Crippen LogP) is 4.43. The highest BCUT2D eigenvalue weighted by Gasteiger charge is 2.13. The van der Waals surface area contributed by atoms with Gasteiger partial charge in [0.05, 0.1) is 20.8 Å². The highest BCUT2D eigenvalue weighted by molar-refractivity contribution is 6.46. The number of rotatable bonds is 1. The number of aromatic nitrogens is 1. The minimum absolute atomic E-state index is 0.0744. The van der Waals surface area contributed by atoms with Crippen molar-refractivity contribution in [1.29, 1.82) is 0 Å². The van der Waals surface area contributed by atoms with Gasteiger partial charge < -0.3 is 5.73 Å². The number of nitrogen functional groups attached to an aromatic ring is 1. The number of halogens is 4. The molecule has 1 heterocycles. The van der Waals surface area contributed by atoms with Gasteiger partial charge >= 0.3 is 0 Å². The topological polar surface area (TPSA) is 38.9 Å². The van der Waals surface area contributed by atoms with Gasteiger partial charge in [-0.25, -0.2) is 4.98 Å². The summed E-state index contributed by atoms with van der Waals surface area (Å²) < 4.78 is 13.0. The Morgan fingerprint density at radius 2 is 1.76 bits per heavy atom. The van der Waals surface area contributed by atoms with Crippen LogP contribution in [0.25, 0.3) is 11.1 Å².